The predicted octanol–water partition coefficient (Wildman–Crippen LogP) is 5.11. The number of nitrogens with one attached hydrogen (secondary N) is 1. The molecule has 2 N–H and O–H groups in total. The zero-order chi connectivity index (χ0) is 15.4. The Hall–Kier alpha value is -1.23. The predicted molar refractivity (Wildman–Crippen MR) is 89.8 cm³/mol. The summed E-state index contributed by atoms with van der Waals surface area (Å²) in [5.74, 6) is -0.957. The van der Waals surface area contributed by atoms with Crippen molar-refractivity contribution in [2.45, 2.75) is 6.42 Å². The van der Waals surface area contributed by atoms with Crippen LogP contribution in [-0.4, -0.2) is 17.6 Å². The van der Waals surface area contributed by atoms with Gasteiger partial charge in [0.15, 0.2) is 0 Å². The Balaban J connectivity index is 1.97. The van der Waals surface area contributed by atoms with Crippen LogP contribution in [-0.2, 0) is 6.42 Å². The number of hydrogen-bond donors (Lipinski definition) is 2. The quantitative estimate of drug-likeness (QED) is 0.748. The second-order valence-corrected chi connectivity index (χ2v) is 6.11. The van der Waals surface area contributed by atoms with Gasteiger partial charge >= 0.3 is 5.97 Å². The van der Waals surface area contributed by atoms with Crippen molar-refractivity contribution in [2.75, 3.05) is 11.9 Å². The molecular formula is C15H12BrCl2NO2. The first-order valence-corrected chi connectivity index (χ1v) is 7.73. The highest BCUT2D eigenvalue weighted by molar-refractivity contribution is 9.10. The van der Waals surface area contributed by atoms with Crippen LogP contribution < -0.4 is 5.32 Å². The van der Waals surface area contributed by atoms with Crippen LogP contribution in [0.25, 0.3) is 0 Å². The van der Waals surface area contributed by atoms with Gasteiger partial charge < -0.3 is 10.4 Å². The molecule has 0 aromatic heterocycles. The molecule has 0 unspecified atom stereocenters. The number of hydrogen-bond acceptors (Lipinski definition) is 2. The van der Waals surface area contributed by atoms with Crippen LogP contribution in [0.5, 0.6) is 0 Å². The molecule has 21 heavy (non-hydrogen) atoms. The van der Waals surface area contributed by atoms with E-state index < -0.39 is 5.97 Å². The van der Waals surface area contributed by atoms with E-state index in [1.165, 1.54) is 0 Å². The molecule has 0 fully saturated rings. The Kier molecular flexibility index (Phi) is 5.51. The van der Waals surface area contributed by atoms with Crippen molar-refractivity contribution in [3.8, 4) is 0 Å². The van der Waals surface area contributed by atoms with Gasteiger partial charge in [0.1, 0.15) is 0 Å². The molecule has 2 aromatic rings. The molecule has 0 aliphatic heterocycles. The lowest BCUT2D eigenvalue weighted by Gasteiger charge is -2.09. The second kappa shape index (κ2) is 7.16. The van der Waals surface area contributed by atoms with Crippen LogP contribution in [0.2, 0.25) is 10.0 Å². The first-order valence-electron chi connectivity index (χ1n) is 6.18. The fourth-order valence-corrected chi connectivity index (χ4v) is 2.92. The number of carbonyl (C=O) groups is 1. The molecule has 0 saturated carbocycles. The molecule has 0 atom stereocenters. The van der Waals surface area contributed by atoms with Crippen molar-refractivity contribution in [3.05, 3.63) is 62.0 Å². The average molecular weight is 389 g/mol. The molecule has 0 aliphatic carbocycles. The minimum atomic E-state index is -0.957. The lowest BCUT2D eigenvalue weighted by Crippen LogP contribution is -2.06. The van der Waals surface area contributed by atoms with E-state index in [4.69, 9.17) is 28.3 Å². The van der Waals surface area contributed by atoms with Crippen molar-refractivity contribution in [1.29, 1.82) is 0 Å². The number of anilines is 1. The summed E-state index contributed by atoms with van der Waals surface area (Å²) in [6.07, 6.45) is 0.744. The topological polar surface area (TPSA) is 49.3 Å². The number of aromatic carboxylic acids is 1. The summed E-state index contributed by atoms with van der Waals surface area (Å²) >= 11 is 15.2. The molecule has 2 rings (SSSR count). The van der Waals surface area contributed by atoms with E-state index in [1.54, 1.807) is 30.3 Å². The van der Waals surface area contributed by atoms with Gasteiger partial charge in [-0.2, -0.15) is 0 Å². The fraction of sp³-hybridized carbons (Fsp3) is 0.133. The normalized spacial score (nSPS) is 10.4. The maximum atomic E-state index is 10.9. The third-order valence-electron chi connectivity index (χ3n) is 2.94. The van der Waals surface area contributed by atoms with Gasteiger partial charge in [0.2, 0.25) is 0 Å². The number of benzene rings is 2. The number of halogens is 3. The van der Waals surface area contributed by atoms with E-state index >= 15 is 0 Å². The van der Waals surface area contributed by atoms with Crippen molar-refractivity contribution in [2.24, 2.45) is 0 Å². The van der Waals surface area contributed by atoms with Crippen LogP contribution >= 0.6 is 39.1 Å². The van der Waals surface area contributed by atoms with Crippen LogP contribution in [0.1, 0.15) is 15.9 Å². The van der Waals surface area contributed by atoms with E-state index in [9.17, 15) is 4.79 Å². The summed E-state index contributed by atoms with van der Waals surface area (Å²) in [4.78, 5) is 10.9. The highest BCUT2D eigenvalue weighted by Gasteiger charge is 2.08. The van der Waals surface area contributed by atoms with E-state index in [0.29, 0.717) is 21.1 Å². The van der Waals surface area contributed by atoms with Crippen molar-refractivity contribution in [1.82, 2.24) is 0 Å². The molecule has 6 heteroatoms. The highest BCUT2D eigenvalue weighted by Crippen LogP contribution is 2.23. The van der Waals surface area contributed by atoms with E-state index in [1.807, 2.05) is 6.07 Å². The molecule has 0 saturated heterocycles. The molecule has 0 amide bonds. The van der Waals surface area contributed by atoms with Crippen molar-refractivity contribution >= 4 is 50.8 Å². The van der Waals surface area contributed by atoms with Gasteiger partial charge in [0, 0.05) is 26.8 Å². The first kappa shape index (κ1) is 16.1. The summed E-state index contributed by atoms with van der Waals surface area (Å²) < 4.78 is 0.546. The Labute approximate surface area is 141 Å². The van der Waals surface area contributed by atoms with Gasteiger partial charge in [-0.1, -0.05) is 29.3 Å². The summed E-state index contributed by atoms with van der Waals surface area (Å²) in [5.41, 5.74) is 2.09. The zero-order valence-corrected chi connectivity index (χ0v) is 14.0. The molecule has 3 nitrogen and oxygen atoms in total. The third kappa shape index (κ3) is 4.37. The monoisotopic (exact) mass is 387 g/mol. The smallest absolute Gasteiger partial charge is 0.336 e. The molecule has 0 bridgehead atoms. The number of carboxylic acid groups (broad SMARTS) is 1. The average Bonchev–Trinajstić information content (AvgIpc) is 2.41. The summed E-state index contributed by atoms with van der Waals surface area (Å²) in [6, 6.07) is 10.5. The molecule has 0 heterocycles. The van der Waals surface area contributed by atoms with Crippen LogP contribution in [0.3, 0.4) is 0 Å². The number of rotatable bonds is 5. The Morgan fingerprint density at radius 1 is 1.19 bits per heavy atom. The van der Waals surface area contributed by atoms with Gasteiger partial charge in [-0.05, 0) is 58.2 Å². The molecule has 0 aliphatic rings. The van der Waals surface area contributed by atoms with Gasteiger partial charge in [-0.15, -0.1) is 0 Å². The summed E-state index contributed by atoms with van der Waals surface area (Å²) in [5, 5.41) is 13.4. The molecule has 0 radical (unpaired) electrons. The molecule has 110 valence electrons. The third-order valence-corrected chi connectivity index (χ3v) is 4.18. The molecule has 2 aromatic carbocycles. The highest BCUT2D eigenvalue weighted by atomic mass is 79.9. The maximum Gasteiger partial charge on any atom is 0.336 e. The minimum absolute atomic E-state index is 0.237. The lowest BCUT2D eigenvalue weighted by molar-refractivity contribution is 0.0696. The Morgan fingerprint density at radius 3 is 2.57 bits per heavy atom. The van der Waals surface area contributed by atoms with Crippen LogP contribution in [0, 0.1) is 0 Å². The first-order chi connectivity index (χ1) is 9.97. The second-order valence-electron chi connectivity index (χ2n) is 4.41. The Morgan fingerprint density at radius 2 is 1.95 bits per heavy atom. The van der Waals surface area contributed by atoms with Crippen LogP contribution in [0.15, 0.2) is 40.9 Å². The SMILES string of the molecule is O=C(O)c1ccc(NCCc2ccc(Cl)cc2Cl)cc1Br. The van der Waals surface area contributed by atoms with Gasteiger partial charge in [-0.3, -0.25) is 0 Å². The Bertz CT molecular complexity index is 677. The summed E-state index contributed by atoms with van der Waals surface area (Å²) in [6.45, 7) is 0.681. The fourth-order valence-electron chi connectivity index (χ4n) is 1.86. The summed E-state index contributed by atoms with van der Waals surface area (Å²) in [7, 11) is 0. The van der Waals surface area contributed by atoms with E-state index in [-0.39, 0.29) is 5.56 Å². The largest absolute Gasteiger partial charge is 0.478 e. The minimum Gasteiger partial charge on any atom is -0.478 e. The van der Waals surface area contributed by atoms with E-state index in [2.05, 4.69) is 21.2 Å². The van der Waals surface area contributed by atoms with Gasteiger partial charge in [0.25, 0.3) is 0 Å². The van der Waals surface area contributed by atoms with Crippen molar-refractivity contribution < 1.29 is 9.90 Å². The number of carboxylic acids is 1. The standard InChI is InChI=1S/C15H12BrCl2NO2/c16-13-8-11(3-4-12(13)15(20)21)19-6-5-9-1-2-10(17)7-14(9)18/h1-4,7-8,19H,5-6H2,(H,20,21). The zero-order valence-electron chi connectivity index (χ0n) is 10.9. The molecular weight excluding hydrogens is 377 g/mol. The maximum absolute atomic E-state index is 10.9. The van der Waals surface area contributed by atoms with E-state index in [0.717, 1.165) is 17.7 Å². The lowest BCUT2D eigenvalue weighted by atomic mass is 10.1. The molecule has 0 spiro atoms. The van der Waals surface area contributed by atoms with Crippen molar-refractivity contribution in [3.63, 3.8) is 0 Å². The van der Waals surface area contributed by atoms with Gasteiger partial charge in [0.05, 0.1) is 5.56 Å². The van der Waals surface area contributed by atoms with Gasteiger partial charge in [-0.25, -0.2) is 4.79 Å². The van der Waals surface area contributed by atoms with Crippen LogP contribution in [0.4, 0.5) is 5.69 Å².